The van der Waals surface area contributed by atoms with Crippen molar-refractivity contribution in [1.82, 2.24) is 5.32 Å². The van der Waals surface area contributed by atoms with Gasteiger partial charge in [-0.3, -0.25) is 19.7 Å². The monoisotopic (exact) mass is 288 g/mol. The van der Waals surface area contributed by atoms with E-state index in [9.17, 15) is 29.9 Å². The Bertz CT molecular complexity index is 500. The summed E-state index contributed by atoms with van der Waals surface area (Å²) < 4.78 is 0. The lowest BCUT2D eigenvalue weighted by Gasteiger charge is -2.16. The molecule has 1 aromatic rings. The Morgan fingerprint density at radius 2 is 2.26 bits per heavy atom. The van der Waals surface area contributed by atoms with Crippen LogP contribution < -0.4 is 5.32 Å². The minimum Gasteiger partial charge on any atom is -0.388 e. The number of rotatable bonds is 6. The van der Waals surface area contributed by atoms with Crippen molar-refractivity contribution in [2.75, 3.05) is 6.54 Å². The van der Waals surface area contributed by atoms with E-state index in [0.29, 0.717) is 17.6 Å². The van der Waals surface area contributed by atoms with Gasteiger partial charge in [0.05, 0.1) is 15.4 Å². The second kappa shape index (κ2) is 6.36. The third-order valence-electron chi connectivity index (χ3n) is 2.28. The molecule has 2 unspecified atom stereocenters. The first kappa shape index (κ1) is 15.2. The molecule has 0 aliphatic rings. The first-order valence-electron chi connectivity index (χ1n) is 5.20. The first-order valence-corrected chi connectivity index (χ1v) is 6.02. The van der Waals surface area contributed by atoms with Crippen LogP contribution in [0.15, 0.2) is 6.07 Å². The fourth-order valence-corrected chi connectivity index (χ4v) is 2.22. The number of hydrogen-bond donors (Lipinski definition) is 3. The molecule has 0 saturated carbocycles. The number of amides is 1. The van der Waals surface area contributed by atoms with Gasteiger partial charge in [0.2, 0.25) is 5.91 Å². The van der Waals surface area contributed by atoms with Crippen LogP contribution in [-0.4, -0.2) is 40.0 Å². The van der Waals surface area contributed by atoms with Crippen molar-refractivity contribution >= 4 is 28.5 Å². The van der Waals surface area contributed by atoms with Gasteiger partial charge in [0, 0.05) is 13.5 Å². The van der Waals surface area contributed by atoms with E-state index < -0.39 is 28.0 Å². The van der Waals surface area contributed by atoms with E-state index in [1.165, 1.54) is 6.92 Å². The van der Waals surface area contributed by atoms with Crippen molar-refractivity contribution in [1.29, 1.82) is 0 Å². The van der Waals surface area contributed by atoms with Crippen molar-refractivity contribution in [3.05, 3.63) is 26.6 Å². The molecule has 1 rings (SSSR count). The number of hydrogen-bond acceptors (Lipinski definition) is 7. The SMILES string of the molecule is CC(=O)NCC(O)C(O)c1cc(C=O)sc1[N+](=O)[O-]. The van der Waals surface area contributed by atoms with Crippen molar-refractivity contribution in [2.24, 2.45) is 0 Å². The number of carbonyl (C=O) groups excluding carboxylic acids is 2. The molecule has 1 amide bonds. The Labute approximate surface area is 111 Å². The minimum absolute atomic E-state index is 0.0764. The average molecular weight is 288 g/mol. The summed E-state index contributed by atoms with van der Waals surface area (Å²) in [7, 11) is 0. The lowest BCUT2D eigenvalue weighted by atomic mass is 10.1. The van der Waals surface area contributed by atoms with Gasteiger partial charge in [0.1, 0.15) is 12.2 Å². The van der Waals surface area contributed by atoms with Gasteiger partial charge in [-0.2, -0.15) is 0 Å². The molecule has 0 aliphatic heterocycles. The first-order chi connectivity index (χ1) is 8.86. The lowest BCUT2D eigenvalue weighted by Crippen LogP contribution is -2.34. The molecule has 1 heterocycles. The summed E-state index contributed by atoms with van der Waals surface area (Å²) in [5, 5.41) is 32.1. The molecular formula is C10H12N2O6S. The average Bonchev–Trinajstić information content (AvgIpc) is 2.79. The number of nitrogens with zero attached hydrogens (tertiary/aromatic N) is 1. The normalized spacial score (nSPS) is 13.6. The van der Waals surface area contributed by atoms with Gasteiger partial charge in [-0.05, 0) is 6.07 Å². The summed E-state index contributed by atoms with van der Waals surface area (Å²) in [6.45, 7) is 0.983. The van der Waals surface area contributed by atoms with Gasteiger partial charge >= 0.3 is 5.00 Å². The third-order valence-corrected chi connectivity index (χ3v) is 3.31. The molecule has 0 bridgehead atoms. The molecule has 0 radical (unpaired) electrons. The fraction of sp³-hybridized carbons (Fsp3) is 0.400. The van der Waals surface area contributed by atoms with Crippen molar-refractivity contribution in [3.8, 4) is 0 Å². The second-order valence-electron chi connectivity index (χ2n) is 3.73. The highest BCUT2D eigenvalue weighted by atomic mass is 32.1. The summed E-state index contributed by atoms with van der Waals surface area (Å²) in [5.41, 5.74) is -0.144. The van der Waals surface area contributed by atoms with Crippen molar-refractivity contribution in [3.63, 3.8) is 0 Å². The molecule has 0 aromatic carbocycles. The van der Waals surface area contributed by atoms with E-state index in [1.54, 1.807) is 0 Å². The fourth-order valence-electron chi connectivity index (χ4n) is 1.39. The van der Waals surface area contributed by atoms with Crippen LogP contribution in [0.5, 0.6) is 0 Å². The summed E-state index contributed by atoms with van der Waals surface area (Å²) in [6, 6.07) is 1.15. The molecule has 2 atom stereocenters. The van der Waals surface area contributed by atoms with Gasteiger partial charge in [0.15, 0.2) is 6.29 Å². The van der Waals surface area contributed by atoms with Crippen LogP contribution >= 0.6 is 11.3 Å². The highest BCUT2D eigenvalue weighted by Crippen LogP contribution is 2.34. The van der Waals surface area contributed by atoms with E-state index in [2.05, 4.69) is 5.32 Å². The Balaban J connectivity index is 2.94. The van der Waals surface area contributed by atoms with Crippen molar-refractivity contribution in [2.45, 2.75) is 19.1 Å². The molecule has 3 N–H and O–H groups in total. The highest BCUT2D eigenvalue weighted by molar-refractivity contribution is 7.17. The summed E-state index contributed by atoms with van der Waals surface area (Å²) in [6.07, 6.45) is -2.54. The van der Waals surface area contributed by atoms with E-state index in [0.717, 1.165) is 6.07 Å². The smallest absolute Gasteiger partial charge is 0.330 e. The van der Waals surface area contributed by atoms with Crippen LogP contribution in [0.3, 0.4) is 0 Å². The van der Waals surface area contributed by atoms with Crippen LogP contribution in [-0.2, 0) is 4.79 Å². The summed E-state index contributed by atoms with van der Waals surface area (Å²) >= 11 is 0.612. The predicted octanol–water partition coefficient (Wildman–Crippen LogP) is -0.000800. The molecular weight excluding hydrogens is 276 g/mol. The number of nitrogens with one attached hydrogen (secondary N) is 1. The quantitative estimate of drug-likeness (QED) is 0.384. The molecule has 0 aliphatic carbocycles. The zero-order valence-electron chi connectivity index (χ0n) is 9.90. The van der Waals surface area contributed by atoms with Gasteiger partial charge in [0.25, 0.3) is 0 Å². The van der Waals surface area contributed by atoms with Gasteiger partial charge < -0.3 is 15.5 Å². The molecule has 0 fully saturated rings. The van der Waals surface area contributed by atoms with Crippen LogP contribution in [0.2, 0.25) is 0 Å². The third kappa shape index (κ3) is 3.81. The summed E-state index contributed by atoms with van der Waals surface area (Å²) in [5.74, 6) is -0.403. The number of aliphatic hydroxyl groups excluding tert-OH is 2. The number of carbonyl (C=O) groups is 2. The molecule has 19 heavy (non-hydrogen) atoms. The van der Waals surface area contributed by atoms with Crippen molar-refractivity contribution < 1.29 is 24.7 Å². The van der Waals surface area contributed by atoms with Crippen LogP contribution in [0.4, 0.5) is 5.00 Å². The Kier molecular flexibility index (Phi) is 5.10. The number of nitro groups is 1. The molecule has 0 saturated heterocycles. The number of aldehydes is 1. The maximum absolute atomic E-state index is 10.8. The molecule has 8 nitrogen and oxygen atoms in total. The van der Waals surface area contributed by atoms with E-state index in [1.807, 2.05) is 0 Å². The number of aliphatic hydroxyl groups is 2. The second-order valence-corrected chi connectivity index (χ2v) is 4.80. The predicted molar refractivity (Wildman–Crippen MR) is 66.0 cm³/mol. The van der Waals surface area contributed by atoms with Crippen LogP contribution in [0, 0.1) is 10.1 Å². The molecule has 9 heteroatoms. The number of thiophene rings is 1. The Morgan fingerprint density at radius 3 is 2.74 bits per heavy atom. The maximum atomic E-state index is 10.8. The van der Waals surface area contributed by atoms with Crippen LogP contribution in [0.25, 0.3) is 0 Å². The topological polar surface area (TPSA) is 130 Å². The van der Waals surface area contributed by atoms with Gasteiger partial charge in [-0.1, -0.05) is 11.3 Å². The Morgan fingerprint density at radius 1 is 1.63 bits per heavy atom. The van der Waals surface area contributed by atoms with E-state index >= 15 is 0 Å². The van der Waals surface area contributed by atoms with Crippen LogP contribution in [0.1, 0.15) is 28.3 Å². The zero-order valence-corrected chi connectivity index (χ0v) is 10.7. The van der Waals surface area contributed by atoms with E-state index in [-0.39, 0.29) is 17.0 Å². The molecule has 0 spiro atoms. The largest absolute Gasteiger partial charge is 0.388 e. The lowest BCUT2D eigenvalue weighted by molar-refractivity contribution is -0.381. The Hall–Kier alpha value is -1.84. The minimum atomic E-state index is -1.56. The molecule has 1 aromatic heterocycles. The van der Waals surface area contributed by atoms with Gasteiger partial charge in [-0.25, -0.2) is 0 Å². The zero-order chi connectivity index (χ0) is 14.6. The summed E-state index contributed by atoms with van der Waals surface area (Å²) in [4.78, 5) is 31.4. The molecule has 104 valence electrons. The highest BCUT2D eigenvalue weighted by Gasteiger charge is 2.29. The van der Waals surface area contributed by atoms with E-state index in [4.69, 9.17) is 0 Å². The maximum Gasteiger partial charge on any atom is 0.330 e. The van der Waals surface area contributed by atoms with Gasteiger partial charge in [-0.15, -0.1) is 0 Å². The standard InChI is InChI=1S/C10H12N2O6S/c1-5(14)11-3-8(15)9(16)7-2-6(4-13)19-10(7)12(17)18/h2,4,8-9,15-16H,3H2,1H3,(H,11,14).